The van der Waals surface area contributed by atoms with Gasteiger partial charge in [0.05, 0.1) is 36.6 Å². The minimum absolute atomic E-state index is 0.0836. The molecule has 2 saturated carbocycles. The van der Waals surface area contributed by atoms with Crippen LogP contribution in [0.2, 0.25) is 0 Å². The molecule has 2 heterocycles. The van der Waals surface area contributed by atoms with Gasteiger partial charge in [0.1, 0.15) is 5.56 Å². The first kappa shape index (κ1) is 32.3. The van der Waals surface area contributed by atoms with Crippen LogP contribution in [0.25, 0.3) is 6.08 Å². The van der Waals surface area contributed by atoms with E-state index in [1.807, 2.05) is 13.8 Å². The Morgan fingerprint density at radius 2 is 1.86 bits per heavy atom. The molecule has 2 amide bonds. The Bertz CT molecular complexity index is 1330. The van der Waals surface area contributed by atoms with E-state index in [1.165, 1.54) is 10.9 Å². The molecule has 0 saturated heterocycles. The van der Waals surface area contributed by atoms with E-state index in [1.54, 1.807) is 19.2 Å². The number of nitrogens with one attached hydrogen (secondary N) is 2. The zero-order valence-corrected chi connectivity index (χ0v) is 24.4. The summed E-state index contributed by atoms with van der Waals surface area (Å²) in [5, 5.41) is 13.4. The van der Waals surface area contributed by atoms with Crippen molar-refractivity contribution in [3.63, 3.8) is 0 Å². The second-order valence-corrected chi connectivity index (χ2v) is 11.8. The van der Waals surface area contributed by atoms with Crippen molar-refractivity contribution in [3.05, 3.63) is 40.8 Å². The van der Waals surface area contributed by atoms with Crippen molar-refractivity contribution in [2.75, 3.05) is 0 Å². The van der Waals surface area contributed by atoms with E-state index in [9.17, 15) is 31.5 Å². The number of carbonyl (C=O) groups is 2. The van der Waals surface area contributed by atoms with Crippen molar-refractivity contribution < 1.29 is 36.1 Å². The third-order valence-corrected chi connectivity index (χ3v) is 7.98. The number of nitrogens with zero attached hydrogens (tertiary/aromatic N) is 4. The Kier molecular flexibility index (Phi) is 9.75. The molecule has 9 nitrogen and oxygen atoms in total. The molecule has 0 spiro atoms. The standard InChI is InChI=1S/C29H37F5N6O3/c1-16(2)26-20(14-36-43-26)27(42)39-25(19-7-10-28(30,31)11-8-19)21-15-40(35-4)22(37-21)13-17(3)24(18-5-6-18)38-23(41)9-12-29(32,33)34/h13-16,18-19,24-25H,4-12H2,1-3H3,(H,38,41)(H,39,42)/b17-13+/t24-,25-/m0/s1. The molecule has 0 bridgehead atoms. The molecule has 2 aliphatic carbocycles. The molecule has 0 radical (unpaired) electrons. The van der Waals surface area contributed by atoms with Crippen molar-refractivity contribution in [2.45, 2.75) is 102 Å². The van der Waals surface area contributed by atoms with Gasteiger partial charge < -0.3 is 15.2 Å². The number of aromatic nitrogens is 3. The number of hydrogen-bond donors (Lipinski definition) is 2. The maximum absolute atomic E-state index is 14.0. The Morgan fingerprint density at radius 1 is 1.19 bits per heavy atom. The molecule has 43 heavy (non-hydrogen) atoms. The third kappa shape index (κ3) is 8.50. The number of halogens is 5. The number of rotatable bonds is 12. The maximum atomic E-state index is 14.0. The lowest BCUT2D eigenvalue weighted by atomic mass is 9.81. The molecule has 2 fully saturated rings. The lowest BCUT2D eigenvalue weighted by Crippen LogP contribution is -2.37. The van der Waals surface area contributed by atoms with Crippen molar-refractivity contribution in [1.82, 2.24) is 25.5 Å². The van der Waals surface area contributed by atoms with Crippen LogP contribution >= 0.6 is 0 Å². The van der Waals surface area contributed by atoms with Gasteiger partial charge in [0.25, 0.3) is 5.91 Å². The van der Waals surface area contributed by atoms with Crippen LogP contribution in [-0.4, -0.2) is 51.5 Å². The van der Waals surface area contributed by atoms with Gasteiger partial charge in [-0.1, -0.05) is 19.0 Å². The van der Waals surface area contributed by atoms with E-state index in [-0.39, 0.29) is 49.0 Å². The van der Waals surface area contributed by atoms with Crippen molar-refractivity contribution >= 4 is 24.6 Å². The number of carbonyl (C=O) groups excluding carboxylic acids is 2. The Morgan fingerprint density at radius 3 is 2.44 bits per heavy atom. The molecular formula is C29H37F5N6O3. The van der Waals surface area contributed by atoms with Crippen molar-refractivity contribution in [3.8, 4) is 0 Å². The smallest absolute Gasteiger partial charge is 0.360 e. The quantitative estimate of drug-likeness (QED) is 0.213. The van der Waals surface area contributed by atoms with Crippen molar-refractivity contribution in [1.29, 1.82) is 0 Å². The predicted octanol–water partition coefficient (Wildman–Crippen LogP) is 6.40. The normalized spacial score (nSPS) is 19.2. The first-order valence-corrected chi connectivity index (χ1v) is 14.4. The molecular weight excluding hydrogens is 575 g/mol. The highest BCUT2D eigenvalue weighted by atomic mass is 19.4. The van der Waals surface area contributed by atoms with Crippen LogP contribution in [0.5, 0.6) is 0 Å². The summed E-state index contributed by atoms with van der Waals surface area (Å²) in [6, 6.07) is -1.23. The molecule has 14 heteroatoms. The van der Waals surface area contributed by atoms with E-state index in [0.29, 0.717) is 22.9 Å². The summed E-state index contributed by atoms with van der Waals surface area (Å²) >= 11 is 0. The van der Waals surface area contributed by atoms with Gasteiger partial charge >= 0.3 is 6.18 Å². The second-order valence-electron chi connectivity index (χ2n) is 11.8. The highest BCUT2D eigenvalue weighted by molar-refractivity contribution is 5.95. The SMILES string of the molecule is C=Nn1cc([C@@H](NC(=O)c2cnoc2C(C)C)C2CCC(F)(F)CC2)nc1/C=C(\C)[C@H](NC(=O)CCC(F)(F)F)C1CC1. The zero-order valence-electron chi connectivity index (χ0n) is 24.4. The minimum atomic E-state index is -4.43. The van der Waals surface area contributed by atoms with E-state index < -0.39 is 48.8 Å². The summed E-state index contributed by atoms with van der Waals surface area (Å²) in [7, 11) is 0. The fraction of sp³-hybridized carbons (Fsp3) is 0.621. The summed E-state index contributed by atoms with van der Waals surface area (Å²) in [6.45, 7) is 9.03. The number of imidazole rings is 1. The van der Waals surface area contributed by atoms with Crippen molar-refractivity contribution in [2.24, 2.45) is 16.9 Å². The van der Waals surface area contributed by atoms with Gasteiger partial charge in [0.15, 0.2) is 11.6 Å². The first-order chi connectivity index (χ1) is 20.2. The molecule has 2 aliphatic rings. The van der Waals surface area contributed by atoms with E-state index in [0.717, 1.165) is 12.8 Å². The van der Waals surface area contributed by atoms with Gasteiger partial charge in [-0.2, -0.15) is 18.3 Å². The Hall–Kier alpha value is -3.58. The van der Waals surface area contributed by atoms with Gasteiger partial charge in [-0.25, -0.2) is 18.4 Å². The lowest BCUT2D eigenvalue weighted by Gasteiger charge is -2.33. The summed E-state index contributed by atoms with van der Waals surface area (Å²) in [6.07, 6.45) is -0.457. The summed E-state index contributed by atoms with van der Waals surface area (Å²) in [5.74, 6) is -3.62. The molecule has 0 aliphatic heterocycles. The molecule has 2 aromatic rings. The largest absolute Gasteiger partial charge is 0.389 e. The molecule has 0 aromatic carbocycles. The second kappa shape index (κ2) is 13.0. The monoisotopic (exact) mass is 612 g/mol. The maximum Gasteiger partial charge on any atom is 0.389 e. The topological polar surface area (TPSA) is 114 Å². The predicted molar refractivity (Wildman–Crippen MR) is 148 cm³/mol. The van der Waals surface area contributed by atoms with Crippen LogP contribution < -0.4 is 10.6 Å². The van der Waals surface area contributed by atoms with Gasteiger partial charge in [0, 0.05) is 31.9 Å². The number of amides is 2. The number of alkyl halides is 5. The molecule has 0 unspecified atom stereocenters. The molecule has 2 atom stereocenters. The van der Waals surface area contributed by atoms with Crippen LogP contribution in [-0.2, 0) is 4.79 Å². The summed E-state index contributed by atoms with van der Waals surface area (Å²) in [5.41, 5.74) is 1.29. The van der Waals surface area contributed by atoms with Crippen LogP contribution in [0.1, 0.15) is 112 Å². The number of hydrogen-bond acceptors (Lipinski definition) is 6. The zero-order chi connectivity index (χ0) is 31.5. The van der Waals surface area contributed by atoms with Crippen LogP contribution in [0.15, 0.2) is 27.6 Å². The van der Waals surface area contributed by atoms with Crippen LogP contribution in [0.3, 0.4) is 0 Å². The van der Waals surface area contributed by atoms with E-state index >= 15 is 0 Å². The fourth-order valence-corrected chi connectivity index (χ4v) is 5.48. The average Bonchev–Trinajstić information content (AvgIpc) is 3.49. The molecule has 2 N–H and O–H groups in total. The summed E-state index contributed by atoms with van der Waals surface area (Å²) < 4.78 is 72.6. The van der Waals surface area contributed by atoms with Gasteiger partial charge in [0.2, 0.25) is 11.8 Å². The highest BCUT2D eigenvalue weighted by Gasteiger charge is 2.40. The third-order valence-electron chi connectivity index (χ3n) is 7.98. The minimum Gasteiger partial charge on any atom is -0.360 e. The van der Waals surface area contributed by atoms with Gasteiger partial charge in [-0.3, -0.25) is 9.59 Å². The summed E-state index contributed by atoms with van der Waals surface area (Å²) in [4.78, 5) is 30.3. The van der Waals surface area contributed by atoms with E-state index in [4.69, 9.17) is 4.52 Å². The Balaban J connectivity index is 1.60. The molecule has 4 rings (SSSR count). The molecule has 236 valence electrons. The first-order valence-electron chi connectivity index (χ1n) is 14.4. The van der Waals surface area contributed by atoms with E-state index in [2.05, 4.69) is 32.6 Å². The highest BCUT2D eigenvalue weighted by Crippen LogP contribution is 2.42. The molecule has 2 aromatic heterocycles. The fourth-order valence-electron chi connectivity index (χ4n) is 5.48. The average molecular weight is 613 g/mol. The van der Waals surface area contributed by atoms with Gasteiger partial charge in [-0.05, 0) is 56.1 Å². The van der Waals surface area contributed by atoms with Gasteiger partial charge in [-0.15, -0.1) is 0 Å². The lowest BCUT2D eigenvalue weighted by molar-refractivity contribution is -0.144. The van der Waals surface area contributed by atoms with Crippen LogP contribution in [0, 0.1) is 11.8 Å². The Labute approximate surface area is 246 Å². The van der Waals surface area contributed by atoms with Crippen LogP contribution in [0.4, 0.5) is 22.0 Å².